The smallest absolute Gasteiger partial charge is 0.209 e. The molecule has 2 heterocycles. The van der Waals surface area contributed by atoms with Crippen LogP contribution < -0.4 is 4.72 Å². The molecule has 0 saturated heterocycles. The lowest BCUT2D eigenvalue weighted by Gasteiger charge is -2.15. The predicted octanol–water partition coefficient (Wildman–Crippen LogP) is 4.34. The van der Waals surface area contributed by atoms with Crippen LogP contribution in [-0.2, 0) is 28.0 Å². The molecule has 0 aliphatic carbocycles. The number of nitrogens with one attached hydrogen (secondary N) is 1. The maximum Gasteiger partial charge on any atom is 0.209 e. The minimum atomic E-state index is -3.44. The third kappa shape index (κ3) is 6.19. The van der Waals surface area contributed by atoms with Crippen LogP contribution in [0.15, 0.2) is 36.7 Å². The molecule has 1 N–H and O–H groups in total. The lowest BCUT2D eigenvalue weighted by Crippen LogP contribution is -2.22. The van der Waals surface area contributed by atoms with E-state index in [0.29, 0.717) is 23.4 Å². The summed E-state index contributed by atoms with van der Waals surface area (Å²) in [6.07, 6.45) is 4.11. The molecule has 10 heteroatoms. The maximum atomic E-state index is 14.7. The molecule has 0 radical (unpaired) electrons. The average molecular weight is 468 g/mol. The van der Waals surface area contributed by atoms with Crippen molar-refractivity contribution in [3.05, 3.63) is 53.9 Å². The summed E-state index contributed by atoms with van der Waals surface area (Å²) in [7, 11) is -4.67. The van der Waals surface area contributed by atoms with E-state index in [1.54, 1.807) is 16.8 Å². The van der Waals surface area contributed by atoms with Gasteiger partial charge >= 0.3 is 0 Å². The van der Waals surface area contributed by atoms with E-state index in [1.165, 1.54) is 24.4 Å². The maximum absolute atomic E-state index is 14.7. The van der Waals surface area contributed by atoms with Crippen molar-refractivity contribution in [1.82, 2.24) is 14.3 Å². The van der Waals surface area contributed by atoms with Gasteiger partial charge in [-0.3, -0.25) is 0 Å². The van der Waals surface area contributed by atoms with Crippen molar-refractivity contribution in [2.75, 3.05) is 12.9 Å². The normalized spacial score (nSPS) is 12.6. The minimum absolute atomic E-state index is 0.159. The summed E-state index contributed by atoms with van der Waals surface area (Å²) in [6.45, 7) is 7.46. The van der Waals surface area contributed by atoms with E-state index in [2.05, 4.69) is 29.3 Å². The Morgan fingerprint density at radius 3 is 2.55 bits per heavy atom. The van der Waals surface area contributed by atoms with Crippen LogP contribution in [0, 0.1) is 11.6 Å². The number of ether oxygens (including phenoxy) is 1. The zero-order valence-corrected chi connectivity index (χ0v) is 19.9. The van der Waals surface area contributed by atoms with Gasteiger partial charge in [-0.2, -0.15) is 0 Å². The first-order chi connectivity index (χ1) is 14.4. The number of hydrogen-bond acceptors (Lipinski definition) is 4. The molecule has 31 heavy (non-hydrogen) atoms. The third-order valence-corrected chi connectivity index (χ3v) is 7.19. The van der Waals surface area contributed by atoms with Crippen LogP contribution in [0.1, 0.15) is 5.56 Å². The topological polar surface area (TPSA) is 73.2 Å². The number of halogens is 2. The number of aromatic nitrogens is 2. The largest absolute Gasteiger partial charge is 0.361 e. The highest BCUT2D eigenvalue weighted by Crippen LogP contribution is 2.32. The molecule has 2 aromatic heterocycles. The highest BCUT2D eigenvalue weighted by Gasteiger charge is 2.18. The van der Waals surface area contributed by atoms with E-state index in [0.717, 1.165) is 12.3 Å². The summed E-state index contributed by atoms with van der Waals surface area (Å²) in [5, 5.41) is 0.290. The van der Waals surface area contributed by atoms with Gasteiger partial charge in [0.25, 0.3) is 0 Å². The molecule has 0 spiro atoms. The Balaban J connectivity index is 1.90. The zero-order valence-electron chi connectivity index (χ0n) is 18.1. The van der Waals surface area contributed by atoms with Gasteiger partial charge in [-0.25, -0.2) is 26.9 Å². The van der Waals surface area contributed by atoms with E-state index < -0.39 is 29.7 Å². The van der Waals surface area contributed by atoms with Crippen molar-refractivity contribution in [2.45, 2.75) is 39.0 Å². The summed E-state index contributed by atoms with van der Waals surface area (Å²) in [6, 6.07) is 6.68. The van der Waals surface area contributed by atoms with E-state index in [9.17, 15) is 17.2 Å². The van der Waals surface area contributed by atoms with Crippen LogP contribution in [-0.4, -0.2) is 38.9 Å². The SMILES string of the molecule is C[Si](C)(C)CCOCn1cc(-c2ccc(CNS(C)(=O)=O)c(F)c2)c2c(F)ccnc21. The quantitative estimate of drug-likeness (QED) is 0.375. The fraction of sp³-hybridized carbons (Fsp3) is 0.381. The van der Waals surface area contributed by atoms with Crippen molar-refractivity contribution >= 4 is 29.1 Å². The van der Waals surface area contributed by atoms with Crippen LogP contribution in [0.5, 0.6) is 0 Å². The van der Waals surface area contributed by atoms with Crippen molar-refractivity contribution in [3.63, 3.8) is 0 Å². The molecule has 0 fully saturated rings. The molecule has 0 unspecified atom stereocenters. The van der Waals surface area contributed by atoms with E-state index in [1.807, 2.05) is 0 Å². The summed E-state index contributed by atoms with van der Waals surface area (Å²) >= 11 is 0. The van der Waals surface area contributed by atoms with Crippen LogP contribution in [0.4, 0.5) is 8.78 Å². The summed E-state index contributed by atoms with van der Waals surface area (Å²) in [5.41, 5.74) is 1.59. The number of sulfonamides is 1. The standard InChI is InChI=1S/C21H27F2N3O3SSi/c1-30(27,28)25-12-16-6-5-15(11-19(16)23)17-13-26(14-29-9-10-31(2,3)4)21-20(17)18(22)7-8-24-21/h5-8,11,13,25H,9-10,12,14H2,1-4H3. The molecule has 6 nitrogen and oxygen atoms in total. The third-order valence-electron chi connectivity index (χ3n) is 4.82. The molecule has 0 amide bonds. The predicted molar refractivity (Wildman–Crippen MR) is 121 cm³/mol. The molecule has 0 saturated carbocycles. The first kappa shape index (κ1) is 23.5. The lowest BCUT2D eigenvalue weighted by molar-refractivity contribution is 0.0899. The first-order valence-corrected chi connectivity index (χ1v) is 15.5. The summed E-state index contributed by atoms with van der Waals surface area (Å²) in [4.78, 5) is 4.29. The highest BCUT2D eigenvalue weighted by molar-refractivity contribution is 7.88. The monoisotopic (exact) mass is 467 g/mol. The highest BCUT2D eigenvalue weighted by atomic mass is 32.2. The van der Waals surface area contributed by atoms with Gasteiger partial charge in [0, 0.05) is 44.7 Å². The van der Waals surface area contributed by atoms with Crippen molar-refractivity contribution < 1.29 is 21.9 Å². The van der Waals surface area contributed by atoms with E-state index >= 15 is 0 Å². The molecular formula is C21H27F2N3O3SSi. The summed E-state index contributed by atoms with van der Waals surface area (Å²) < 4.78 is 61.6. The van der Waals surface area contributed by atoms with Crippen LogP contribution in [0.3, 0.4) is 0 Å². The molecule has 3 aromatic rings. The fourth-order valence-electron chi connectivity index (χ4n) is 3.10. The molecule has 0 aliphatic rings. The van der Waals surface area contributed by atoms with Crippen LogP contribution in [0.2, 0.25) is 25.7 Å². The molecule has 0 aliphatic heterocycles. The zero-order chi connectivity index (χ0) is 22.8. The second kappa shape index (κ2) is 9.15. The lowest BCUT2D eigenvalue weighted by atomic mass is 10.0. The van der Waals surface area contributed by atoms with Crippen molar-refractivity contribution in [3.8, 4) is 11.1 Å². The molecule has 0 bridgehead atoms. The van der Waals surface area contributed by atoms with Gasteiger partial charge in [-0.1, -0.05) is 31.8 Å². The van der Waals surface area contributed by atoms with Crippen molar-refractivity contribution in [1.29, 1.82) is 0 Å². The Morgan fingerprint density at radius 1 is 1.16 bits per heavy atom. The molecular weight excluding hydrogens is 440 g/mol. The van der Waals surface area contributed by atoms with Gasteiger partial charge in [0.2, 0.25) is 10.0 Å². The number of benzene rings is 1. The number of hydrogen-bond donors (Lipinski definition) is 1. The second-order valence-electron chi connectivity index (χ2n) is 8.75. The van der Waals surface area contributed by atoms with E-state index in [4.69, 9.17) is 4.74 Å². The Kier molecular flexibility index (Phi) is 6.94. The van der Waals surface area contributed by atoms with Gasteiger partial charge in [0.1, 0.15) is 24.0 Å². The summed E-state index contributed by atoms with van der Waals surface area (Å²) in [5.74, 6) is -1.03. The fourth-order valence-corrected chi connectivity index (χ4v) is 4.28. The molecule has 3 rings (SSSR count). The Bertz CT molecular complexity index is 1190. The minimum Gasteiger partial charge on any atom is -0.361 e. The van der Waals surface area contributed by atoms with Gasteiger partial charge in [0.05, 0.1) is 11.6 Å². The van der Waals surface area contributed by atoms with E-state index in [-0.39, 0.29) is 24.2 Å². The van der Waals surface area contributed by atoms with Gasteiger partial charge in [-0.05, 0) is 23.7 Å². The molecule has 1 aromatic carbocycles. The van der Waals surface area contributed by atoms with Crippen LogP contribution in [0.25, 0.3) is 22.2 Å². The van der Waals surface area contributed by atoms with Gasteiger partial charge < -0.3 is 9.30 Å². The van der Waals surface area contributed by atoms with Gasteiger partial charge in [0.15, 0.2) is 0 Å². The second-order valence-corrected chi connectivity index (χ2v) is 16.2. The Morgan fingerprint density at radius 2 is 1.90 bits per heavy atom. The number of nitrogens with zero attached hydrogens (tertiary/aromatic N) is 2. The number of rotatable bonds is 9. The molecule has 0 atom stereocenters. The van der Waals surface area contributed by atoms with Crippen molar-refractivity contribution in [2.24, 2.45) is 0 Å². The number of pyridine rings is 1. The van der Waals surface area contributed by atoms with Gasteiger partial charge in [-0.15, -0.1) is 0 Å². The molecule has 168 valence electrons. The Labute approximate surface area is 182 Å². The first-order valence-electron chi connectivity index (χ1n) is 9.89. The Hall–Kier alpha value is -2.14. The van der Waals surface area contributed by atoms with Crippen LogP contribution >= 0.6 is 0 Å². The number of fused-ring (bicyclic) bond motifs is 1. The average Bonchev–Trinajstić information content (AvgIpc) is 3.03.